The lowest BCUT2D eigenvalue weighted by Gasteiger charge is -2.03. The van der Waals surface area contributed by atoms with Crippen LogP contribution in [-0.2, 0) is 15.6 Å². The number of halogens is 1. The Balaban J connectivity index is 1.84. The van der Waals surface area contributed by atoms with Crippen molar-refractivity contribution in [3.05, 3.63) is 78.2 Å². The molecule has 0 radical (unpaired) electrons. The second kappa shape index (κ2) is 5.77. The Kier molecular flexibility index (Phi) is 3.81. The lowest BCUT2D eigenvalue weighted by Crippen LogP contribution is -2.05. The SMILES string of the molecule is O=S(=O)(Cc1ccc(-c2ccc(F)cc2)[nH]1)c1ccccc1. The number of hydrogen-bond acceptors (Lipinski definition) is 2. The van der Waals surface area contributed by atoms with Crippen LogP contribution in [0.2, 0.25) is 0 Å². The molecular weight excluding hydrogens is 301 g/mol. The first-order valence-corrected chi connectivity index (χ1v) is 8.41. The van der Waals surface area contributed by atoms with Crippen molar-refractivity contribution in [2.75, 3.05) is 0 Å². The van der Waals surface area contributed by atoms with Crippen molar-refractivity contribution in [1.82, 2.24) is 4.98 Å². The highest BCUT2D eigenvalue weighted by molar-refractivity contribution is 7.90. The average Bonchev–Trinajstić information content (AvgIpc) is 2.97. The van der Waals surface area contributed by atoms with Gasteiger partial charge in [-0.15, -0.1) is 0 Å². The summed E-state index contributed by atoms with van der Waals surface area (Å²) in [6, 6.07) is 17.9. The molecule has 0 saturated carbocycles. The van der Waals surface area contributed by atoms with Crippen molar-refractivity contribution >= 4 is 9.84 Å². The number of aromatic nitrogens is 1. The van der Waals surface area contributed by atoms with E-state index in [1.54, 1.807) is 54.6 Å². The lowest BCUT2D eigenvalue weighted by molar-refractivity contribution is 0.595. The molecule has 1 heterocycles. The summed E-state index contributed by atoms with van der Waals surface area (Å²) in [4.78, 5) is 3.37. The highest BCUT2D eigenvalue weighted by atomic mass is 32.2. The van der Waals surface area contributed by atoms with Crippen molar-refractivity contribution in [3.63, 3.8) is 0 Å². The van der Waals surface area contributed by atoms with Gasteiger partial charge in [0, 0.05) is 11.4 Å². The van der Waals surface area contributed by atoms with Gasteiger partial charge in [0.05, 0.1) is 10.6 Å². The molecule has 1 aromatic heterocycles. The third kappa shape index (κ3) is 3.09. The van der Waals surface area contributed by atoms with E-state index in [1.165, 1.54) is 12.1 Å². The van der Waals surface area contributed by atoms with E-state index in [2.05, 4.69) is 4.98 Å². The smallest absolute Gasteiger partial charge is 0.183 e. The molecule has 0 aliphatic carbocycles. The molecule has 0 aliphatic rings. The zero-order valence-electron chi connectivity index (χ0n) is 11.7. The summed E-state index contributed by atoms with van der Waals surface area (Å²) in [6.07, 6.45) is 0. The summed E-state index contributed by atoms with van der Waals surface area (Å²) in [5, 5.41) is 0. The summed E-state index contributed by atoms with van der Waals surface area (Å²) in [5.74, 6) is -0.403. The van der Waals surface area contributed by atoms with E-state index in [9.17, 15) is 12.8 Å². The molecule has 0 unspecified atom stereocenters. The van der Waals surface area contributed by atoms with Crippen LogP contribution in [0, 0.1) is 5.82 Å². The van der Waals surface area contributed by atoms with E-state index in [0.29, 0.717) is 10.6 Å². The highest BCUT2D eigenvalue weighted by Crippen LogP contribution is 2.21. The van der Waals surface area contributed by atoms with Crippen LogP contribution in [0.1, 0.15) is 5.69 Å². The molecule has 3 nitrogen and oxygen atoms in total. The minimum absolute atomic E-state index is 0.0990. The first-order chi connectivity index (χ1) is 10.5. The van der Waals surface area contributed by atoms with Gasteiger partial charge in [-0.1, -0.05) is 18.2 Å². The van der Waals surface area contributed by atoms with Crippen LogP contribution >= 0.6 is 0 Å². The summed E-state index contributed by atoms with van der Waals surface area (Å²) in [6.45, 7) is 0. The van der Waals surface area contributed by atoms with Crippen LogP contribution < -0.4 is 0 Å². The first kappa shape index (κ1) is 14.5. The van der Waals surface area contributed by atoms with Crippen molar-refractivity contribution in [3.8, 4) is 11.3 Å². The van der Waals surface area contributed by atoms with Crippen molar-refractivity contribution in [2.24, 2.45) is 0 Å². The van der Waals surface area contributed by atoms with Crippen LogP contribution in [0.3, 0.4) is 0 Å². The fourth-order valence-electron chi connectivity index (χ4n) is 2.24. The highest BCUT2D eigenvalue weighted by Gasteiger charge is 2.16. The number of rotatable bonds is 4. The van der Waals surface area contributed by atoms with Gasteiger partial charge in [0.15, 0.2) is 9.84 Å². The monoisotopic (exact) mass is 315 g/mol. The Morgan fingerprint density at radius 1 is 0.864 bits per heavy atom. The maximum absolute atomic E-state index is 12.9. The largest absolute Gasteiger partial charge is 0.358 e. The molecule has 1 N–H and O–H groups in total. The summed E-state index contributed by atoms with van der Waals surface area (Å²) < 4.78 is 37.6. The molecule has 0 atom stereocenters. The van der Waals surface area contributed by atoms with Crippen molar-refractivity contribution in [1.29, 1.82) is 0 Å². The zero-order valence-corrected chi connectivity index (χ0v) is 12.5. The molecule has 3 rings (SSSR count). The first-order valence-electron chi connectivity index (χ1n) is 6.76. The van der Waals surface area contributed by atoms with Gasteiger partial charge < -0.3 is 4.98 Å². The lowest BCUT2D eigenvalue weighted by atomic mass is 10.1. The molecule has 5 heteroatoms. The maximum atomic E-state index is 12.9. The Labute approximate surface area is 128 Å². The Morgan fingerprint density at radius 2 is 1.55 bits per heavy atom. The van der Waals surface area contributed by atoms with Gasteiger partial charge >= 0.3 is 0 Å². The van der Waals surface area contributed by atoms with Gasteiger partial charge in [-0.25, -0.2) is 12.8 Å². The van der Waals surface area contributed by atoms with E-state index in [-0.39, 0.29) is 11.6 Å². The van der Waals surface area contributed by atoms with E-state index in [1.807, 2.05) is 0 Å². The number of benzene rings is 2. The Bertz CT molecular complexity index is 869. The zero-order chi connectivity index (χ0) is 15.6. The molecule has 0 fully saturated rings. The molecule has 0 saturated heterocycles. The van der Waals surface area contributed by atoms with Crippen molar-refractivity contribution in [2.45, 2.75) is 10.6 Å². The van der Waals surface area contributed by atoms with Gasteiger partial charge in [0.25, 0.3) is 0 Å². The van der Waals surface area contributed by atoms with E-state index in [4.69, 9.17) is 0 Å². The van der Waals surface area contributed by atoms with Gasteiger partial charge in [-0.3, -0.25) is 0 Å². The number of H-pyrrole nitrogens is 1. The summed E-state index contributed by atoms with van der Waals surface area (Å²) >= 11 is 0. The fourth-order valence-corrected chi connectivity index (χ4v) is 3.55. The Morgan fingerprint density at radius 3 is 2.23 bits per heavy atom. The van der Waals surface area contributed by atoms with Gasteiger partial charge in [0.2, 0.25) is 0 Å². The standard InChI is InChI=1S/C17H14FNO2S/c18-14-8-6-13(7-9-14)17-11-10-15(19-17)12-22(20,21)16-4-2-1-3-5-16/h1-11,19H,12H2. The maximum Gasteiger partial charge on any atom is 0.183 e. The number of sulfone groups is 1. The third-order valence-corrected chi connectivity index (χ3v) is 5.03. The number of aromatic amines is 1. The van der Waals surface area contributed by atoms with Gasteiger partial charge in [-0.05, 0) is 54.1 Å². The summed E-state index contributed by atoms with van der Waals surface area (Å²) in [7, 11) is -3.38. The normalized spacial score (nSPS) is 11.5. The number of hydrogen-bond donors (Lipinski definition) is 1. The van der Waals surface area contributed by atoms with Crippen LogP contribution in [0.5, 0.6) is 0 Å². The predicted octanol–water partition coefficient (Wildman–Crippen LogP) is 3.79. The molecule has 2 aromatic carbocycles. The van der Waals surface area contributed by atoms with Crippen molar-refractivity contribution < 1.29 is 12.8 Å². The molecule has 0 amide bonds. The van der Waals surface area contributed by atoms with Crippen LogP contribution in [-0.4, -0.2) is 13.4 Å². The van der Waals surface area contributed by atoms with E-state index < -0.39 is 9.84 Å². The molecule has 0 aliphatic heterocycles. The molecule has 3 aromatic rings. The quantitative estimate of drug-likeness (QED) is 0.796. The van der Waals surface area contributed by atoms with Gasteiger partial charge in [0.1, 0.15) is 5.82 Å². The van der Waals surface area contributed by atoms with Gasteiger partial charge in [-0.2, -0.15) is 0 Å². The predicted molar refractivity (Wildman–Crippen MR) is 83.5 cm³/mol. The molecular formula is C17H14FNO2S. The third-order valence-electron chi connectivity index (χ3n) is 3.35. The minimum atomic E-state index is -3.38. The van der Waals surface area contributed by atoms with Crippen LogP contribution in [0.4, 0.5) is 4.39 Å². The second-order valence-corrected chi connectivity index (χ2v) is 6.97. The topological polar surface area (TPSA) is 49.9 Å². The average molecular weight is 315 g/mol. The minimum Gasteiger partial charge on any atom is -0.358 e. The summed E-state index contributed by atoms with van der Waals surface area (Å²) in [5.41, 5.74) is 2.17. The molecule has 22 heavy (non-hydrogen) atoms. The number of nitrogens with one attached hydrogen (secondary N) is 1. The van der Waals surface area contributed by atoms with Crippen LogP contribution in [0.15, 0.2) is 71.6 Å². The van der Waals surface area contributed by atoms with E-state index in [0.717, 1.165) is 11.3 Å². The molecule has 112 valence electrons. The molecule has 0 spiro atoms. The Hall–Kier alpha value is -2.40. The van der Waals surface area contributed by atoms with E-state index >= 15 is 0 Å². The second-order valence-electron chi connectivity index (χ2n) is 4.98. The fraction of sp³-hybridized carbons (Fsp3) is 0.0588. The molecule has 0 bridgehead atoms. The van der Waals surface area contributed by atoms with Crippen LogP contribution in [0.25, 0.3) is 11.3 Å².